The summed E-state index contributed by atoms with van der Waals surface area (Å²) in [6.07, 6.45) is 3.70. The van der Waals surface area contributed by atoms with E-state index in [-0.39, 0.29) is 12.1 Å². The van der Waals surface area contributed by atoms with Crippen LogP contribution in [0.5, 0.6) is 0 Å². The van der Waals surface area contributed by atoms with E-state index < -0.39 is 0 Å². The zero-order valence-electron chi connectivity index (χ0n) is 12.0. The average molecular weight is 282 g/mol. The molecule has 0 unspecified atom stereocenters. The molecule has 21 heavy (non-hydrogen) atoms. The van der Waals surface area contributed by atoms with Crippen LogP contribution in [0.3, 0.4) is 0 Å². The van der Waals surface area contributed by atoms with Crippen LogP contribution in [0, 0.1) is 6.92 Å². The number of hydrogen-bond donors (Lipinski definition) is 1. The van der Waals surface area contributed by atoms with E-state index in [0.29, 0.717) is 18.7 Å². The number of pyridine rings is 1. The molecule has 0 aliphatic heterocycles. The van der Waals surface area contributed by atoms with Gasteiger partial charge in [0.15, 0.2) is 0 Å². The van der Waals surface area contributed by atoms with E-state index in [1.807, 2.05) is 48.0 Å². The summed E-state index contributed by atoms with van der Waals surface area (Å²) in [5.74, 6) is 0.947. The molecule has 0 amide bonds. The van der Waals surface area contributed by atoms with E-state index in [0.717, 1.165) is 16.7 Å². The van der Waals surface area contributed by atoms with Crippen LogP contribution >= 0.6 is 0 Å². The average Bonchev–Trinajstić information content (AvgIpc) is 2.91. The van der Waals surface area contributed by atoms with Crippen molar-refractivity contribution in [1.82, 2.24) is 14.1 Å². The second kappa shape index (κ2) is 5.54. The van der Waals surface area contributed by atoms with Crippen molar-refractivity contribution < 1.29 is 0 Å². The van der Waals surface area contributed by atoms with E-state index in [4.69, 9.17) is 5.73 Å². The lowest BCUT2D eigenvalue weighted by Crippen LogP contribution is -2.27. The molecule has 5 heteroatoms. The number of nitrogens with two attached hydrogens (primary N) is 1. The second-order valence-electron chi connectivity index (χ2n) is 5.06. The summed E-state index contributed by atoms with van der Waals surface area (Å²) in [7, 11) is 0. The Hall–Kier alpha value is -2.40. The highest BCUT2D eigenvalue weighted by Crippen LogP contribution is 2.13. The van der Waals surface area contributed by atoms with Crippen LogP contribution in [0.4, 0.5) is 0 Å². The number of benzene rings is 1. The van der Waals surface area contributed by atoms with Gasteiger partial charge in [-0.3, -0.25) is 4.79 Å². The molecule has 1 aromatic carbocycles. The Kier molecular flexibility index (Phi) is 3.58. The number of aromatic nitrogens is 3. The van der Waals surface area contributed by atoms with Crippen LogP contribution in [0.2, 0.25) is 0 Å². The Balaban J connectivity index is 2.06. The fourth-order valence-electron chi connectivity index (χ4n) is 2.60. The van der Waals surface area contributed by atoms with Crippen molar-refractivity contribution in [1.29, 1.82) is 0 Å². The minimum atomic E-state index is -0.00558. The maximum atomic E-state index is 12.5. The van der Waals surface area contributed by atoms with Gasteiger partial charge in [0.05, 0.1) is 5.52 Å². The predicted molar refractivity (Wildman–Crippen MR) is 83.1 cm³/mol. The lowest BCUT2D eigenvalue weighted by atomic mass is 10.1. The maximum Gasteiger partial charge on any atom is 0.255 e. The summed E-state index contributed by atoms with van der Waals surface area (Å²) in [4.78, 5) is 16.7. The van der Waals surface area contributed by atoms with E-state index >= 15 is 0 Å². The van der Waals surface area contributed by atoms with Crippen molar-refractivity contribution in [2.75, 3.05) is 0 Å². The molecule has 3 aromatic rings. The molecule has 0 bridgehead atoms. The summed E-state index contributed by atoms with van der Waals surface area (Å²) in [6, 6.07) is 9.78. The van der Waals surface area contributed by atoms with E-state index in [1.165, 1.54) is 0 Å². The van der Waals surface area contributed by atoms with Gasteiger partial charge >= 0.3 is 0 Å². The second-order valence-corrected chi connectivity index (χ2v) is 5.06. The van der Waals surface area contributed by atoms with Crippen molar-refractivity contribution in [2.45, 2.75) is 26.6 Å². The predicted octanol–water partition coefficient (Wildman–Crippen LogP) is 1.67. The Labute approximate surface area is 122 Å². The van der Waals surface area contributed by atoms with Gasteiger partial charge in [-0.2, -0.15) is 0 Å². The Bertz CT molecular complexity index is 832. The molecule has 0 saturated carbocycles. The first-order valence-electron chi connectivity index (χ1n) is 7.00. The largest absolute Gasteiger partial charge is 0.333 e. The third kappa shape index (κ3) is 2.48. The zero-order chi connectivity index (χ0) is 14.8. The molecule has 0 atom stereocenters. The van der Waals surface area contributed by atoms with Crippen LogP contribution < -0.4 is 11.3 Å². The van der Waals surface area contributed by atoms with Gasteiger partial charge in [0.1, 0.15) is 5.82 Å². The number of hydrogen-bond acceptors (Lipinski definition) is 3. The number of nitrogens with zero attached hydrogens (tertiary/aromatic N) is 3. The molecule has 0 saturated heterocycles. The number of fused-ring (bicyclic) bond motifs is 1. The minimum Gasteiger partial charge on any atom is -0.333 e. The summed E-state index contributed by atoms with van der Waals surface area (Å²) < 4.78 is 3.84. The topological polar surface area (TPSA) is 65.8 Å². The number of rotatable bonds is 4. The fourth-order valence-corrected chi connectivity index (χ4v) is 2.60. The number of imidazole rings is 1. The summed E-state index contributed by atoms with van der Waals surface area (Å²) in [5.41, 5.74) is 7.28. The molecular formula is C16H18N4O. The SMILES string of the molecule is Cc1nccn1CCn1c(=O)c(CN)cc2ccccc21. The van der Waals surface area contributed by atoms with Crippen molar-refractivity contribution in [2.24, 2.45) is 5.73 Å². The first-order valence-corrected chi connectivity index (χ1v) is 7.00. The van der Waals surface area contributed by atoms with E-state index in [2.05, 4.69) is 4.98 Å². The summed E-state index contributed by atoms with van der Waals surface area (Å²) >= 11 is 0. The first kappa shape index (κ1) is 13.6. The van der Waals surface area contributed by atoms with E-state index in [1.54, 1.807) is 10.8 Å². The number of aryl methyl sites for hydroxylation is 3. The smallest absolute Gasteiger partial charge is 0.255 e. The molecule has 0 aliphatic carbocycles. The Morgan fingerprint density at radius 1 is 1.24 bits per heavy atom. The maximum absolute atomic E-state index is 12.5. The van der Waals surface area contributed by atoms with Crippen LogP contribution in [0.1, 0.15) is 11.4 Å². The fraction of sp³-hybridized carbons (Fsp3) is 0.250. The third-order valence-corrected chi connectivity index (χ3v) is 3.79. The van der Waals surface area contributed by atoms with E-state index in [9.17, 15) is 4.79 Å². The lowest BCUT2D eigenvalue weighted by Gasteiger charge is -2.13. The lowest BCUT2D eigenvalue weighted by molar-refractivity contribution is 0.566. The van der Waals surface area contributed by atoms with Gasteiger partial charge in [-0.15, -0.1) is 0 Å². The van der Waals surface area contributed by atoms with Crippen molar-refractivity contribution in [3.05, 3.63) is 64.5 Å². The van der Waals surface area contributed by atoms with Crippen LogP contribution in [0.25, 0.3) is 10.9 Å². The van der Waals surface area contributed by atoms with Crippen LogP contribution in [0.15, 0.2) is 47.5 Å². The van der Waals surface area contributed by atoms with Gasteiger partial charge in [0.25, 0.3) is 5.56 Å². The third-order valence-electron chi connectivity index (χ3n) is 3.79. The van der Waals surface area contributed by atoms with Crippen molar-refractivity contribution in [3.63, 3.8) is 0 Å². The first-order chi connectivity index (χ1) is 10.2. The van der Waals surface area contributed by atoms with Crippen LogP contribution in [-0.2, 0) is 19.6 Å². The molecule has 5 nitrogen and oxygen atoms in total. The minimum absolute atomic E-state index is 0.00558. The molecule has 0 fully saturated rings. The van der Waals surface area contributed by atoms with Gasteiger partial charge in [-0.1, -0.05) is 18.2 Å². The Morgan fingerprint density at radius 2 is 2.05 bits per heavy atom. The highest BCUT2D eigenvalue weighted by atomic mass is 16.1. The highest BCUT2D eigenvalue weighted by molar-refractivity contribution is 5.79. The molecule has 0 radical (unpaired) electrons. The molecule has 0 aliphatic rings. The molecule has 3 rings (SSSR count). The van der Waals surface area contributed by atoms with Gasteiger partial charge in [-0.25, -0.2) is 4.98 Å². The normalized spacial score (nSPS) is 11.1. The zero-order valence-corrected chi connectivity index (χ0v) is 12.0. The van der Waals surface area contributed by atoms with Crippen molar-refractivity contribution >= 4 is 10.9 Å². The van der Waals surface area contributed by atoms with Crippen molar-refractivity contribution in [3.8, 4) is 0 Å². The summed E-state index contributed by atoms with van der Waals surface area (Å²) in [6.45, 7) is 3.53. The monoisotopic (exact) mass is 282 g/mol. The molecule has 0 spiro atoms. The van der Waals surface area contributed by atoms with Gasteiger partial charge in [-0.05, 0) is 24.4 Å². The molecule has 108 valence electrons. The molecule has 2 N–H and O–H groups in total. The highest BCUT2D eigenvalue weighted by Gasteiger charge is 2.08. The quantitative estimate of drug-likeness (QED) is 0.791. The molecule has 2 aromatic heterocycles. The van der Waals surface area contributed by atoms with Gasteiger partial charge < -0.3 is 14.9 Å². The summed E-state index contributed by atoms with van der Waals surface area (Å²) in [5, 5.41) is 1.04. The van der Waals surface area contributed by atoms with Gasteiger partial charge in [0, 0.05) is 37.6 Å². The van der Waals surface area contributed by atoms with Crippen LogP contribution in [-0.4, -0.2) is 14.1 Å². The Morgan fingerprint density at radius 3 is 2.76 bits per heavy atom. The molecular weight excluding hydrogens is 264 g/mol. The number of para-hydroxylation sites is 1. The standard InChI is InChI=1S/C16H18N4O/c1-12-18-6-7-19(12)8-9-20-15-5-3-2-4-13(15)10-14(11-17)16(20)21/h2-7,10H,8-9,11,17H2,1H3. The van der Waals surface area contributed by atoms with Gasteiger partial charge in [0.2, 0.25) is 0 Å². The molecule has 2 heterocycles.